The Balaban J connectivity index is 3.60. The second kappa shape index (κ2) is 2.82. The van der Waals surface area contributed by atoms with E-state index < -0.39 is 0 Å². The summed E-state index contributed by atoms with van der Waals surface area (Å²) in [6.45, 7) is 5.50. The number of phenols is 2. The molecule has 0 aliphatic rings. The third-order valence-electron chi connectivity index (χ3n) is 2.55. The van der Waals surface area contributed by atoms with Gasteiger partial charge in [-0.05, 0) is 31.9 Å². The molecule has 0 radical (unpaired) electrons. The molecule has 0 unspecified atom stereocenters. The smallest absolute Gasteiger partial charge is 0.124 e. The highest BCUT2D eigenvalue weighted by Crippen LogP contribution is 2.30. The van der Waals surface area contributed by atoms with E-state index in [0.29, 0.717) is 5.56 Å². The number of aromatic hydroxyl groups is 2. The molecule has 0 saturated heterocycles. The summed E-state index contributed by atoms with van der Waals surface area (Å²) in [5.74, 6) is 0.478. The molecule has 0 aliphatic carbocycles. The van der Waals surface area contributed by atoms with E-state index in [9.17, 15) is 10.2 Å². The Morgan fingerprint density at radius 2 is 1.17 bits per heavy atom. The molecule has 0 aromatic heterocycles. The Bertz CT molecular complexity index is 227. The second-order valence-corrected chi connectivity index (χ2v) is 4.20. The van der Waals surface area contributed by atoms with Gasteiger partial charge >= 0.3 is 0 Å². The molecule has 1 rings (SSSR count). The third kappa shape index (κ3) is 1.10. The molecule has 0 fully saturated rings. The molecule has 0 atom stereocenters. The fourth-order valence-electron chi connectivity index (χ4n) is 1.31. The SMILES string of the molecule is Cc1c(O)c(C)c([SiH3])c(C)c1O. The lowest BCUT2D eigenvalue weighted by molar-refractivity contribution is 0.439. The average molecular weight is 182 g/mol. The van der Waals surface area contributed by atoms with Crippen molar-refractivity contribution in [2.45, 2.75) is 20.8 Å². The van der Waals surface area contributed by atoms with Crippen molar-refractivity contribution in [1.29, 1.82) is 0 Å². The lowest BCUT2D eigenvalue weighted by Crippen LogP contribution is -2.12. The van der Waals surface area contributed by atoms with Crippen LogP contribution in [0.1, 0.15) is 16.7 Å². The van der Waals surface area contributed by atoms with Gasteiger partial charge in [0.15, 0.2) is 0 Å². The Labute approximate surface area is 75.3 Å². The van der Waals surface area contributed by atoms with Gasteiger partial charge in [0, 0.05) is 15.8 Å². The summed E-state index contributed by atoms with van der Waals surface area (Å²) in [5, 5.41) is 20.2. The first-order valence-electron chi connectivity index (χ1n) is 3.95. The lowest BCUT2D eigenvalue weighted by Gasteiger charge is -2.12. The van der Waals surface area contributed by atoms with Crippen LogP contribution in [-0.2, 0) is 0 Å². The van der Waals surface area contributed by atoms with Crippen molar-refractivity contribution in [3.63, 3.8) is 0 Å². The quantitative estimate of drug-likeness (QED) is 0.555. The van der Waals surface area contributed by atoms with Gasteiger partial charge in [-0.1, -0.05) is 5.19 Å². The van der Waals surface area contributed by atoms with Crippen LogP contribution in [0.5, 0.6) is 11.5 Å². The van der Waals surface area contributed by atoms with Gasteiger partial charge in [0.2, 0.25) is 0 Å². The Hall–Kier alpha value is -0.963. The van der Waals surface area contributed by atoms with Crippen LogP contribution in [0.2, 0.25) is 0 Å². The Morgan fingerprint density at radius 3 is 1.50 bits per heavy atom. The number of phenolic OH excluding ortho intramolecular Hbond substituents is 2. The van der Waals surface area contributed by atoms with E-state index in [1.165, 1.54) is 0 Å². The van der Waals surface area contributed by atoms with Crippen molar-refractivity contribution in [3.8, 4) is 11.5 Å². The van der Waals surface area contributed by atoms with Gasteiger partial charge in [0.05, 0.1) is 0 Å². The molecular formula is C9H14O2Si. The first-order chi connectivity index (χ1) is 5.46. The van der Waals surface area contributed by atoms with E-state index in [1.807, 2.05) is 13.8 Å². The van der Waals surface area contributed by atoms with Gasteiger partial charge in [-0.25, -0.2) is 0 Å². The number of benzene rings is 1. The topological polar surface area (TPSA) is 40.5 Å². The predicted octanol–water partition coefficient (Wildman–Crippen LogP) is 0.0138. The zero-order valence-electron chi connectivity index (χ0n) is 7.89. The van der Waals surface area contributed by atoms with Crippen molar-refractivity contribution >= 4 is 15.4 Å². The molecule has 0 spiro atoms. The molecule has 0 amide bonds. The van der Waals surface area contributed by atoms with Crippen molar-refractivity contribution < 1.29 is 10.2 Å². The van der Waals surface area contributed by atoms with Crippen LogP contribution in [0, 0.1) is 20.8 Å². The number of rotatable bonds is 0. The van der Waals surface area contributed by atoms with E-state index in [4.69, 9.17) is 0 Å². The standard InChI is InChI=1S/C9H14O2Si/c1-4-7(10)5(2)9(12)6(3)8(4)11/h10-11H,1-3,12H3. The van der Waals surface area contributed by atoms with Gasteiger partial charge in [-0.15, -0.1) is 0 Å². The van der Waals surface area contributed by atoms with Crippen molar-refractivity contribution in [2.75, 3.05) is 0 Å². The highest BCUT2D eigenvalue weighted by molar-refractivity contribution is 6.35. The van der Waals surface area contributed by atoms with Gasteiger partial charge in [-0.2, -0.15) is 0 Å². The van der Waals surface area contributed by atoms with Crippen LogP contribution in [0.4, 0.5) is 0 Å². The highest BCUT2D eigenvalue weighted by Gasteiger charge is 2.12. The van der Waals surface area contributed by atoms with Crippen LogP contribution >= 0.6 is 0 Å². The highest BCUT2D eigenvalue weighted by atomic mass is 28.1. The van der Waals surface area contributed by atoms with E-state index in [0.717, 1.165) is 26.6 Å². The predicted molar refractivity (Wildman–Crippen MR) is 53.6 cm³/mol. The van der Waals surface area contributed by atoms with E-state index in [2.05, 4.69) is 0 Å². The molecule has 12 heavy (non-hydrogen) atoms. The molecule has 1 aromatic rings. The molecule has 0 aliphatic heterocycles. The molecule has 0 heterocycles. The maximum absolute atomic E-state index is 9.55. The van der Waals surface area contributed by atoms with Crippen LogP contribution in [0.25, 0.3) is 0 Å². The van der Waals surface area contributed by atoms with Crippen molar-refractivity contribution in [3.05, 3.63) is 16.7 Å². The van der Waals surface area contributed by atoms with Gasteiger partial charge < -0.3 is 10.2 Å². The van der Waals surface area contributed by atoms with Crippen LogP contribution in [0.15, 0.2) is 0 Å². The zero-order chi connectivity index (χ0) is 9.46. The summed E-state index contributed by atoms with van der Waals surface area (Å²) >= 11 is 0. The fraction of sp³-hybridized carbons (Fsp3) is 0.333. The molecule has 2 nitrogen and oxygen atoms in total. The van der Waals surface area contributed by atoms with Crippen LogP contribution in [0.3, 0.4) is 0 Å². The molecular weight excluding hydrogens is 168 g/mol. The number of hydrogen-bond acceptors (Lipinski definition) is 2. The molecule has 66 valence electrons. The van der Waals surface area contributed by atoms with E-state index >= 15 is 0 Å². The summed E-state index contributed by atoms with van der Waals surface area (Å²) in [5.41, 5.74) is 2.41. The fourth-order valence-corrected chi connectivity index (χ4v) is 1.78. The minimum atomic E-state index is 0.239. The monoisotopic (exact) mass is 182 g/mol. The summed E-state index contributed by atoms with van der Waals surface area (Å²) in [7, 11) is 0.854. The molecule has 3 heteroatoms. The normalized spacial score (nSPS) is 10.6. The van der Waals surface area contributed by atoms with E-state index in [-0.39, 0.29) is 11.5 Å². The second-order valence-electron chi connectivity index (χ2n) is 3.20. The summed E-state index contributed by atoms with van der Waals surface area (Å²) in [6.07, 6.45) is 0. The first-order valence-corrected chi connectivity index (χ1v) is 4.95. The zero-order valence-corrected chi connectivity index (χ0v) is 9.89. The minimum Gasteiger partial charge on any atom is -0.507 e. The summed E-state index contributed by atoms with van der Waals surface area (Å²) < 4.78 is 0. The molecule has 0 bridgehead atoms. The minimum absolute atomic E-state index is 0.239. The van der Waals surface area contributed by atoms with Crippen LogP contribution in [-0.4, -0.2) is 20.5 Å². The van der Waals surface area contributed by atoms with Crippen molar-refractivity contribution in [1.82, 2.24) is 0 Å². The molecule has 1 aromatic carbocycles. The van der Waals surface area contributed by atoms with Gasteiger partial charge in [-0.3, -0.25) is 0 Å². The van der Waals surface area contributed by atoms with Gasteiger partial charge in [0.25, 0.3) is 0 Å². The lowest BCUT2D eigenvalue weighted by atomic mass is 10.0. The summed E-state index contributed by atoms with van der Waals surface area (Å²) in [6, 6.07) is 0. The van der Waals surface area contributed by atoms with Crippen molar-refractivity contribution in [2.24, 2.45) is 0 Å². The Morgan fingerprint density at radius 1 is 0.833 bits per heavy atom. The maximum atomic E-state index is 9.55. The Kier molecular flexibility index (Phi) is 2.15. The molecule has 2 N–H and O–H groups in total. The summed E-state index contributed by atoms with van der Waals surface area (Å²) in [4.78, 5) is 0. The maximum Gasteiger partial charge on any atom is 0.124 e. The largest absolute Gasteiger partial charge is 0.507 e. The van der Waals surface area contributed by atoms with E-state index in [1.54, 1.807) is 6.92 Å². The first kappa shape index (κ1) is 9.13. The van der Waals surface area contributed by atoms with Gasteiger partial charge in [0.1, 0.15) is 11.5 Å². The third-order valence-corrected chi connectivity index (χ3v) is 4.05. The molecule has 0 saturated carbocycles. The number of hydrogen-bond donors (Lipinski definition) is 2. The van der Waals surface area contributed by atoms with Crippen LogP contribution < -0.4 is 5.19 Å². The average Bonchev–Trinajstić information content (AvgIpc) is 2.08.